The van der Waals surface area contributed by atoms with E-state index >= 15 is 0 Å². The molecule has 0 radical (unpaired) electrons. The van der Waals surface area contributed by atoms with Crippen molar-refractivity contribution < 1.29 is 14.3 Å². The SMILES string of the molecule is CCCCCCCCC/C(=C\c1ncn(CC2=CC(NCOC)=C(S)CC2)c1C)C(=O)OCC. The second-order valence-corrected chi connectivity index (χ2v) is 9.42. The Hall–Kier alpha value is -1.99. The van der Waals surface area contributed by atoms with E-state index in [0.717, 1.165) is 60.6 Å². The molecule has 7 heteroatoms. The molecule has 0 saturated carbocycles. The average molecular weight is 490 g/mol. The Morgan fingerprint density at radius 2 is 1.91 bits per heavy atom. The van der Waals surface area contributed by atoms with Crippen LogP contribution in [0.15, 0.2) is 34.2 Å². The summed E-state index contributed by atoms with van der Waals surface area (Å²) in [6.07, 6.45) is 17.1. The smallest absolute Gasteiger partial charge is 0.334 e. The van der Waals surface area contributed by atoms with Crippen molar-refractivity contribution in [1.82, 2.24) is 14.9 Å². The van der Waals surface area contributed by atoms with Crippen molar-refractivity contribution in [3.63, 3.8) is 0 Å². The molecule has 0 saturated heterocycles. The van der Waals surface area contributed by atoms with Crippen LogP contribution in [0, 0.1) is 6.92 Å². The maximum Gasteiger partial charge on any atom is 0.334 e. The van der Waals surface area contributed by atoms with Crippen LogP contribution in [0.5, 0.6) is 0 Å². The number of ether oxygens (including phenoxy) is 2. The summed E-state index contributed by atoms with van der Waals surface area (Å²) >= 11 is 4.60. The van der Waals surface area contributed by atoms with Gasteiger partial charge in [-0.25, -0.2) is 9.78 Å². The minimum Gasteiger partial charge on any atom is -0.463 e. The molecule has 1 aliphatic carbocycles. The van der Waals surface area contributed by atoms with Gasteiger partial charge < -0.3 is 19.4 Å². The number of carbonyl (C=O) groups excluding carboxylic acids is 1. The van der Waals surface area contributed by atoms with Crippen LogP contribution in [0.1, 0.15) is 89.4 Å². The molecule has 1 aliphatic rings. The first-order chi connectivity index (χ1) is 16.5. The van der Waals surface area contributed by atoms with Crippen LogP contribution in [0.3, 0.4) is 0 Å². The zero-order valence-electron chi connectivity index (χ0n) is 21.5. The first-order valence-corrected chi connectivity index (χ1v) is 13.2. The molecule has 6 nitrogen and oxygen atoms in total. The third kappa shape index (κ3) is 9.34. The van der Waals surface area contributed by atoms with E-state index in [4.69, 9.17) is 9.47 Å². The summed E-state index contributed by atoms with van der Waals surface area (Å²) in [5, 5.41) is 3.26. The number of nitrogens with one attached hydrogen (secondary N) is 1. The Morgan fingerprint density at radius 1 is 1.18 bits per heavy atom. The first-order valence-electron chi connectivity index (χ1n) is 12.7. The number of nitrogens with zero attached hydrogens (tertiary/aromatic N) is 2. The molecule has 1 heterocycles. The number of esters is 1. The van der Waals surface area contributed by atoms with Gasteiger partial charge in [-0.15, -0.1) is 12.6 Å². The highest BCUT2D eigenvalue weighted by molar-refractivity contribution is 7.84. The van der Waals surface area contributed by atoms with Gasteiger partial charge in [0.15, 0.2) is 0 Å². The molecule has 34 heavy (non-hydrogen) atoms. The number of hydrogen-bond donors (Lipinski definition) is 2. The van der Waals surface area contributed by atoms with Gasteiger partial charge >= 0.3 is 5.97 Å². The van der Waals surface area contributed by atoms with Crippen molar-refractivity contribution in [2.45, 2.75) is 91.5 Å². The van der Waals surface area contributed by atoms with Gasteiger partial charge in [0.1, 0.15) is 6.73 Å². The van der Waals surface area contributed by atoms with Crippen LogP contribution in [-0.2, 0) is 20.8 Å². The van der Waals surface area contributed by atoms with Gasteiger partial charge in [0.05, 0.1) is 18.6 Å². The number of allylic oxidation sites excluding steroid dienone is 3. The maximum atomic E-state index is 12.6. The molecule has 0 aromatic carbocycles. The van der Waals surface area contributed by atoms with Crippen LogP contribution < -0.4 is 5.32 Å². The summed E-state index contributed by atoms with van der Waals surface area (Å²) in [4.78, 5) is 18.2. The lowest BCUT2D eigenvalue weighted by molar-refractivity contribution is -0.138. The molecule has 0 fully saturated rings. The van der Waals surface area contributed by atoms with Crippen LogP contribution in [0.25, 0.3) is 6.08 Å². The normalized spacial score (nSPS) is 14.4. The highest BCUT2D eigenvalue weighted by Crippen LogP contribution is 2.27. The van der Waals surface area contributed by atoms with E-state index in [2.05, 4.69) is 47.4 Å². The molecule has 0 amide bonds. The average Bonchev–Trinajstić information content (AvgIpc) is 3.16. The van der Waals surface area contributed by atoms with Gasteiger partial charge in [0, 0.05) is 35.5 Å². The summed E-state index contributed by atoms with van der Waals surface area (Å²) in [5.41, 5.74) is 4.93. The molecule has 0 aliphatic heterocycles. The number of thiol groups is 1. The van der Waals surface area contributed by atoms with Crippen molar-refractivity contribution in [2.24, 2.45) is 0 Å². The van der Waals surface area contributed by atoms with E-state index in [0.29, 0.717) is 18.9 Å². The monoisotopic (exact) mass is 489 g/mol. The number of unbranched alkanes of at least 4 members (excludes halogenated alkanes) is 6. The van der Waals surface area contributed by atoms with Gasteiger partial charge in [-0.3, -0.25) is 0 Å². The van der Waals surface area contributed by atoms with Crippen LogP contribution >= 0.6 is 12.6 Å². The standard InChI is InChI=1S/C27H43N3O3S/c1-5-7-8-9-10-11-12-13-23(27(31)33-6-2)17-24-21(3)30(19-28-24)18-22-14-15-26(34)25(16-22)29-20-32-4/h16-17,19,29,34H,5-15,18,20H2,1-4H3/b23-17+. The van der Waals surface area contributed by atoms with E-state index in [9.17, 15) is 4.79 Å². The van der Waals surface area contributed by atoms with Gasteiger partial charge in [0.2, 0.25) is 0 Å². The lowest BCUT2D eigenvalue weighted by atomic mass is 10.0. The highest BCUT2D eigenvalue weighted by Gasteiger charge is 2.16. The van der Waals surface area contributed by atoms with Crippen molar-refractivity contribution in [3.05, 3.63) is 45.5 Å². The number of methoxy groups -OCH3 is 1. The summed E-state index contributed by atoms with van der Waals surface area (Å²) < 4.78 is 12.6. The fourth-order valence-electron chi connectivity index (χ4n) is 4.07. The molecule has 1 N–H and O–H groups in total. The van der Waals surface area contributed by atoms with E-state index in [1.54, 1.807) is 7.11 Å². The molecule has 0 unspecified atom stereocenters. The summed E-state index contributed by atoms with van der Waals surface area (Å²) in [5.74, 6) is -0.224. The van der Waals surface area contributed by atoms with Crippen molar-refractivity contribution >= 4 is 24.7 Å². The van der Waals surface area contributed by atoms with E-state index in [1.165, 1.54) is 37.7 Å². The fraction of sp³-hybridized carbons (Fsp3) is 0.630. The molecule has 0 bridgehead atoms. The molecule has 0 atom stereocenters. The second-order valence-electron chi connectivity index (χ2n) is 8.88. The summed E-state index contributed by atoms with van der Waals surface area (Å²) in [6, 6.07) is 0. The first kappa shape index (κ1) is 28.2. The van der Waals surface area contributed by atoms with Crippen molar-refractivity contribution in [2.75, 3.05) is 20.4 Å². The largest absolute Gasteiger partial charge is 0.463 e. The minimum atomic E-state index is -0.224. The highest BCUT2D eigenvalue weighted by atomic mass is 32.1. The molecule has 1 aromatic heterocycles. The summed E-state index contributed by atoms with van der Waals surface area (Å²) in [6.45, 7) is 7.74. The van der Waals surface area contributed by atoms with E-state index in [-0.39, 0.29) is 5.97 Å². The topological polar surface area (TPSA) is 65.4 Å². The van der Waals surface area contributed by atoms with E-state index in [1.807, 2.05) is 19.3 Å². The Bertz CT molecular complexity index is 870. The number of rotatable bonds is 16. The molecule has 190 valence electrons. The second kappa shape index (κ2) is 15.8. The molecule has 0 spiro atoms. The Labute approximate surface area is 211 Å². The van der Waals surface area contributed by atoms with Crippen molar-refractivity contribution in [3.8, 4) is 0 Å². The molecular formula is C27H43N3O3S. The van der Waals surface area contributed by atoms with Crippen LogP contribution in [0.4, 0.5) is 0 Å². The van der Waals surface area contributed by atoms with Gasteiger partial charge in [-0.2, -0.15) is 0 Å². The van der Waals surface area contributed by atoms with Crippen LogP contribution in [0.2, 0.25) is 0 Å². The summed E-state index contributed by atoms with van der Waals surface area (Å²) in [7, 11) is 1.67. The lowest BCUT2D eigenvalue weighted by Crippen LogP contribution is -2.18. The Kier molecular flexibility index (Phi) is 13.1. The van der Waals surface area contributed by atoms with Crippen molar-refractivity contribution in [1.29, 1.82) is 0 Å². The van der Waals surface area contributed by atoms with E-state index < -0.39 is 0 Å². The number of hydrogen-bond acceptors (Lipinski definition) is 6. The van der Waals surface area contributed by atoms with Gasteiger partial charge in [-0.05, 0) is 57.3 Å². The third-order valence-electron chi connectivity index (χ3n) is 6.16. The number of aromatic nitrogens is 2. The Balaban J connectivity index is 2.05. The molecule has 1 aromatic rings. The molecular weight excluding hydrogens is 446 g/mol. The number of imidazole rings is 1. The molecule has 2 rings (SSSR count). The van der Waals surface area contributed by atoms with Gasteiger partial charge in [0.25, 0.3) is 0 Å². The minimum absolute atomic E-state index is 0.224. The maximum absolute atomic E-state index is 12.6. The quantitative estimate of drug-likeness (QED) is 0.0933. The van der Waals surface area contributed by atoms with Gasteiger partial charge in [-0.1, -0.05) is 45.4 Å². The van der Waals surface area contributed by atoms with Crippen LogP contribution in [-0.4, -0.2) is 36.0 Å². The Morgan fingerprint density at radius 3 is 2.62 bits per heavy atom. The fourth-order valence-corrected chi connectivity index (χ4v) is 4.33. The predicted octanol–water partition coefficient (Wildman–Crippen LogP) is 6.33. The third-order valence-corrected chi connectivity index (χ3v) is 6.62. The number of carbonyl (C=O) groups is 1. The lowest BCUT2D eigenvalue weighted by Gasteiger charge is -2.19. The zero-order chi connectivity index (χ0) is 24.8. The predicted molar refractivity (Wildman–Crippen MR) is 143 cm³/mol. The zero-order valence-corrected chi connectivity index (χ0v) is 22.4.